The monoisotopic (exact) mass is 235 g/mol. The van der Waals surface area contributed by atoms with Crippen LogP contribution in [0.5, 0.6) is 0 Å². The Morgan fingerprint density at radius 1 is 1.06 bits per heavy atom. The van der Waals surface area contributed by atoms with Gasteiger partial charge in [0.15, 0.2) is 0 Å². The van der Waals surface area contributed by atoms with E-state index in [1.807, 2.05) is 0 Å². The number of hydrogen-bond acceptors (Lipinski definition) is 2. The summed E-state index contributed by atoms with van der Waals surface area (Å²) >= 11 is 0. The third-order valence-electron chi connectivity index (χ3n) is 6.27. The van der Waals surface area contributed by atoms with Crippen molar-refractivity contribution < 1.29 is 4.74 Å². The van der Waals surface area contributed by atoms with E-state index in [0.717, 1.165) is 43.2 Å². The molecule has 4 bridgehead atoms. The predicted octanol–water partition coefficient (Wildman–Crippen LogP) is 2.58. The minimum absolute atomic E-state index is 0.388. The topological polar surface area (TPSA) is 21.3 Å². The molecule has 17 heavy (non-hydrogen) atoms. The van der Waals surface area contributed by atoms with Gasteiger partial charge in [-0.1, -0.05) is 6.92 Å². The van der Waals surface area contributed by atoms with Gasteiger partial charge in [0, 0.05) is 12.1 Å². The Bertz CT molecular complexity index is 276. The minimum atomic E-state index is 0.388. The van der Waals surface area contributed by atoms with E-state index in [1.165, 1.54) is 25.7 Å². The lowest BCUT2D eigenvalue weighted by Crippen LogP contribution is -2.70. The van der Waals surface area contributed by atoms with Crippen molar-refractivity contribution in [1.29, 1.82) is 0 Å². The molecule has 4 aliphatic carbocycles. The summed E-state index contributed by atoms with van der Waals surface area (Å²) in [6.07, 6.45) is 9.11. The highest BCUT2D eigenvalue weighted by Crippen LogP contribution is 2.58. The largest absolute Gasteiger partial charge is 0.375 e. The molecule has 5 aliphatic rings. The van der Waals surface area contributed by atoms with Gasteiger partial charge in [0.2, 0.25) is 0 Å². The number of rotatable bonds is 1. The maximum Gasteiger partial charge on any atom is 0.0698 e. The Morgan fingerprint density at radius 2 is 1.71 bits per heavy atom. The first kappa shape index (κ1) is 10.8. The molecule has 0 aromatic carbocycles. The van der Waals surface area contributed by atoms with E-state index in [2.05, 4.69) is 12.2 Å². The maximum atomic E-state index is 6.14. The third-order valence-corrected chi connectivity index (χ3v) is 6.27. The van der Waals surface area contributed by atoms with Gasteiger partial charge in [-0.05, 0) is 62.2 Å². The first-order valence-corrected chi connectivity index (χ1v) is 7.66. The number of hydrogen-bond donors (Lipinski definition) is 1. The normalized spacial score (nSPS) is 56.6. The molecule has 1 N–H and O–H groups in total. The Hall–Kier alpha value is -0.0800. The van der Waals surface area contributed by atoms with Crippen LogP contribution in [0.2, 0.25) is 0 Å². The van der Waals surface area contributed by atoms with Gasteiger partial charge in [0.1, 0.15) is 0 Å². The summed E-state index contributed by atoms with van der Waals surface area (Å²) in [5.41, 5.74) is 0.388. The molecule has 1 atom stereocenters. The van der Waals surface area contributed by atoms with E-state index in [0.29, 0.717) is 11.6 Å². The molecule has 0 radical (unpaired) electrons. The highest BCUT2D eigenvalue weighted by molar-refractivity contribution is 5.12. The average Bonchev–Trinajstić information content (AvgIpc) is 2.36. The Morgan fingerprint density at radius 3 is 2.18 bits per heavy atom. The molecule has 1 saturated heterocycles. The van der Waals surface area contributed by atoms with Crippen molar-refractivity contribution in [2.45, 2.75) is 57.1 Å². The van der Waals surface area contributed by atoms with Gasteiger partial charge in [-0.25, -0.2) is 0 Å². The van der Waals surface area contributed by atoms with Gasteiger partial charge in [0.05, 0.1) is 12.7 Å². The van der Waals surface area contributed by atoms with E-state index in [1.54, 1.807) is 6.42 Å². The van der Waals surface area contributed by atoms with Crippen LogP contribution in [-0.4, -0.2) is 24.8 Å². The number of ether oxygens (including phenoxy) is 1. The fourth-order valence-corrected chi connectivity index (χ4v) is 5.48. The zero-order valence-corrected chi connectivity index (χ0v) is 11.0. The molecule has 0 aromatic heterocycles. The third kappa shape index (κ3) is 1.46. The van der Waals surface area contributed by atoms with Crippen LogP contribution in [0, 0.1) is 23.7 Å². The summed E-state index contributed by atoms with van der Waals surface area (Å²) in [5, 5.41) is 3.95. The molecule has 5 fully saturated rings. The zero-order valence-electron chi connectivity index (χ0n) is 11.0. The van der Waals surface area contributed by atoms with E-state index in [-0.39, 0.29) is 0 Å². The molecule has 96 valence electrons. The Balaban J connectivity index is 1.58. The molecular formula is C15H25NO. The first-order chi connectivity index (χ1) is 8.30. The summed E-state index contributed by atoms with van der Waals surface area (Å²) in [6.45, 7) is 4.33. The predicted molar refractivity (Wildman–Crippen MR) is 67.8 cm³/mol. The van der Waals surface area contributed by atoms with Gasteiger partial charge < -0.3 is 10.1 Å². The molecule has 4 saturated carbocycles. The van der Waals surface area contributed by atoms with Crippen LogP contribution in [0.4, 0.5) is 0 Å². The van der Waals surface area contributed by atoms with Crippen LogP contribution in [0.1, 0.15) is 45.4 Å². The number of morpholine rings is 1. The van der Waals surface area contributed by atoms with Crippen LogP contribution in [0.25, 0.3) is 0 Å². The molecule has 0 amide bonds. The van der Waals surface area contributed by atoms with Crippen LogP contribution in [0.15, 0.2) is 0 Å². The SMILES string of the molecule is CCC1CNC2(CO1)C1CC3CC(C1)CC2C3. The average molecular weight is 235 g/mol. The van der Waals surface area contributed by atoms with Crippen molar-refractivity contribution in [3.63, 3.8) is 0 Å². The quantitative estimate of drug-likeness (QED) is 0.754. The molecule has 1 spiro atoms. The van der Waals surface area contributed by atoms with Crippen molar-refractivity contribution in [1.82, 2.24) is 5.32 Å². The summed E-state index contributed by atoms with van der Waals surface area (Å²) < 4.78 is 6.14. The molecular weight excluding hydrogens is 210 g/mol. The molecule has 2 nitrogen and oxygen atoms in total. The Kier molecular flexibility index (Phi) is 2.36. The maximum absolute atomic E-state index is 6.14. The molecule has 2 heteroatoms. The standard InChI is InChI=1S/C15H25NO/c1-2-14-8-16-15(9-17-14)12-4-10-3-11(6-12)7-13(15)5-10/h10-14,16H,2-9H2,1H3. The zero-order chi connectivity index (χ0) is 11.5. The smallest absolute Gasteiger partial charge is 0.0698 e. The minimum Gasteiger partial charge on any atom is -0.375 e. The molecule has 1 heterocycles. The van der Waals surface area contributed by atoms with Crippen LogP contribution >= 0.6 is 0 Å². The Labute approximate surface area is 104 Å². The van der Waals surface area contributed by atoms with Gasteiger partial charge >= 0.3 is 0 Å². The van der Waals surface area contributed by atoms with Crippen LogP contribution < -0.4 is 5.32 Å². The van der Waals surface area contributed by atoms with Crippen molar-refractivity contribution >= 4 is 0 Å². The second-order valence-electron chi connectivity index (χ2n) is 7.07. The summed E-state index contributed by atoms with van der Waals surface area (Å²) in [6, 6.07) is 0. The highest BCUT2D eigenvalue weighted by Gasteiger charge is 2.58. The van der Waals surface area contributed by atoms with Gasteiger partial charge in [-0.3, -0.25) is 0 Å². The van der Waals surface area contributed by atoms with Crippen molar-refractivity contribution in [2.24, 2.45) is 23.7 Å². The fraction of sp³-hybridized carbons (Fsp3) is 1.00. The molecule has 5 rings (SSSR count). The second kappa shape index (κ2) is 3.71. The number of nitrogens with one attached hydrogen (secondary N) is 1. The molecule has 1 unspecified atom stereocenters. The summed E-state index contributed by atoms with van der Waals surface area (Å²) in [4.78, 5) is 0. The molecule has 0 aromatic rings. The van der Waals surface area contributed by atoms with Gasteiger partial charge in [-0.15, -0.1) is 0 Å². The summed E-state index contributed by atoms with van der Waals surface area (Å²) in [7, 11) is 0. The van der Waals surface area contributed by atoms with Crippen LogP contribution in [-0.2, 0) is 4.74 Å². The fourth-order valence-electron chi connectivity index (χ4n) is 5.48. The van der Waals surface area contributed by atoms with E-state index in [4.69, 9.17) is 4.74 Å². The van der Waals surface area contributed by atoms with Crippen molar-refractivity contribution in [3.8, 4) is 0 Å². The second-order valence-corrected chi connectivity index (χ2v) is 7.07. The molecule has 1 aliphatic heterocycles. The lowest BCUT2D eigenvalue weighted by molar-refractivity contribution is -0.146. The van der Waals surface area contributed by atoms with Gasteiger partial charge in [-0.2, -0.15) is 0 Å². The van der Waals surface area contributed by atoms with Crippen molar-refractivity contribution in [2.75, 3.05) is 13.2 Å². The van der Waals surface area contributed by atoms with E-state index in [9.17, 15) is 0 Å². The van der Waals surface area contributed by atoms with Crippen molar-refractivity contribution in [3.05, 3.63) is 0 Å². The van der Waals surface area contributed by atoms with Crippen LogP contribution in [0.3, 0.4) is 0 Å². The first-order valence-electron chi connectivity index (χ1n) is 7.66. The van der Waals surface area contributed by atoms with E-state index < -0.39 is 0 Å². The lowest BCUT2D eigenvalue weighted by atomic mass is 9.48. The lowest BCUT2D eigenvalue weighted by Gasteiger charge is -2.63. The van der Waals surface area contributed by atoms with Gasteiger partial charge in [0.25, 0.3) is 0 Å². The summed E-state index contributed by atoms with van der Waals surface area (Å²) in [5.74, 6) is 3.98. The van der Waals surface area contributed by atoms with E-state index >= 15 is 0 Å². The highest BCUT2D eigenvalue weighted by atomic mass is 16.5.